The number of carbonyl (C=O) groups is 1. The first-order chi connectivity index (χ1) is 12.5. The second-order valence-corrected chi connectivity index (χ2v) is 6.31. The first-order valence-corrected chi connectivity index (χ1v) is 8.78. The van der Waals surface area contributed by atoms with Crippen molar-refractivity contribution < 1.29 is 4.79 Å². The number of amides is 1. The van der Waals surface area contributed by atoms with Crippen LogP contribution >= 0.6 is 0 Å². The van der Waals surface area contributed by atoms with Gasteiger partial charge in [-0.15, -0.1) is 0 Å². The number of nitrogens with one attached hydrogen (secondary N) is 1. The fourth-order valence-electron chi connectivity index (χ4n) is 3.02. The monoisotopic (exact) mass is 348 g/mol. The van der Waals surface area contributed by atoms with E-state index in [1.165, 1.54) is 5.56 Å². The second kappa shape index (κ2) is 7.44. The summed E-state index contributed by atoms with van der Waals surface area (Å²) in [6.45, 7) is 8.50. The van der Waals surface area contributed by atoms with Crippen LogP contribution in [0, 0.1) is 20.8 Å². The summed E-state index contributed by atoms with van der Waals surface area (Å²) in [6.07, 6.45) is 0. The number of aryl methyl sites for hydroxylation is 2. The summed E-state index contributed by atoms with van der Waals surface area (Å²) >= 11 is 0. The molecule has 0 saturated heterocycles. The van der Waals surface area contributed by atoms with Crippen molar-refractivity contribution in [2.24, 2.45) is 0 Å². The molecule has 1 aromatic heterocycles. The predicted molar refractivity (Wildman–Crippen MR) is 105 cm³/mol. The van der Waals surface area contributed by atoms with Crippen molar-refractivity contribution in [2.75, 3.05) is 11.6 Å². The van der Waals surface area contributed by atoms with Gasteiger partial charge in [0.2, 0.25) is 0 Å². The number of para-hydroxylation sites is 1. The third-order valence-electron chi connectivity index (χ3n) is 4.42. The van der Waals surface area contributed by atoms with E-state index in [4.69, 9.17) is 0 Å². The fourth-order valence-corrected chi connectivity index (χ4v) is 3.02. The lowest BCUT2D eigenvalue weighted by molar-refractivity contribution is 0.0948. The number of hydrogen-bond acceptors (Lipinski definition) is 3. The van der Waals surface area contributed by atoms with Crippen LogP contribution in [0.3, 0.4) is 0 Å². The molecule has 1 amide bonds. The molecule has 3 rings (SSSR count). The number of carbonyl (C=O) groups excluding carboxylic acids is 1. The summed E-state index contributed by atoms with van der Waals surface area (Å²) in [5.41, 5.74) is 8.24. The van der Waals surface area contributed by atoms with Gasteiger partial charge in [-0.25, -0.2) is 4.68 Å². The van der Waals surface area contributed by atoms with Gasteiger partial charge in [0.15, 0.2) is 0 Å². The Bertz CT molecular complexity index is 898. The number of aromatic nitrogens is 2. The molecule has 1 N–H and O–H groups in total. The Hall–Kier alpha value is -3.08. The summed E-state index contributed by atoms with van der Waals surface area (Å²) in [5, 5.41) is 6.40. The topological polar surface area (TPSA) is 50.2 Å². The number of rotatable bonds is 5. The Labute approximate surface area is 154 Å². The number of benzene rings is 2. The lowest BCUT2D eigenvalue weighted by atomic mass is 10.2. The highest BCUT2D eigenvalue weighted by atomic mass is 16.2. The van der Waals surface area contributed by atoms with E-state index in [9.17, 15) is 4.79 Å². The van der Waals surface area contributed by atoms with Crippen LogP contribution in [0.2, 0.25) is 0 Å². The Kier molecular flexibility index (Phi) is 5.07. The van der Waals surface area contributed by atoms with Crippen LogP contribution in [0.25, 0.3) is 5.69 Å². The van der Waals surface area contributed by atoms with E-state index in [0.717, 1.165) is 17.1 Å². The Morgan fingerprint density at radius 2 is 1.69 bits per heavy atom. The lowest BCUT2D eigenvalue weighted by Crippen LogP contribution is -2.42. The van der Waals surface area contributed by atoms with E-state index in [0.29, 0.717) is 17.8 Å². The lowest BCUT2D eigenvalue weighted by Gasteiger charge is -2.24. The normalized spacial score (nSPS) is 10.6. The van der Waals surface area contributed by atoms with Crippen molar-refractivity contribution in [1.29, 1.82) is 0 Å². The van der Waals surface area contributed by atoms with E-state index in [1.54, 1.807) is 0 Å². The maximum absolute atomic E-state index is 12.9. The van der Waals surface area contributed by atoms with Crippen molar-refractivity contribution in [3.05, 3.63) is 77.1 Å². The quantitative estimate of drug-likeness (QED) is 0.710. The first-order valence-electron chi connectivity index (χ1n) is 8.78. The molecule has 1 heterocycles. The largest absolute Gasteiger partial charge is 0.286 e. The minimum atomic E-state index is -0.149. The van der Waals surface area contributed by atoms with E-state index < -0.39 is 0 Å². The average Bonchev–Trinajstić information content (AvgIpc) is 2.95. The molecule has 26 heavy (non-hydrogen) atoms. The van der Waals surface area contributed by atoms with Crippen LogP contribution in [-0.4, -0.2) is 22.2 Å². The van der Waals surface area contributed by atoms with Gasteiger partial charge in [-0.05, 0) is 52.0 Å². The predicted octanol–water partition coefficient (Wildman–Crippen LogP) is 3.97. The average molecular weight is 348 g/mol. The van der Waals surface area contributed by atoms with E-state index >= 15 is 0 Å². The van der Waals surface area contributed by atoms with Gasteiger partial charge in [0.25, 0.3) is 5.91 Å². The maximum atomic E-state index is 12.9. The molecule has 0 atom stereocenters. The molecular weight excluding hydrogens is 324 g/mol. The fraction of sp³-hybridized carbons (Fsp3) is 0.238. The number of nitrogens with zero attached hydrogens (tertiary/aromatic N) is 3. The van der Waals surface area contributed by atoms with Gasteiger partial charge < -0.3 is 0 Å². The zero-order valence-corrected chi connectivity index (χ0v) is 15.7. The minimum Gasteiger partial charge on any atom is -0.286 e. The highest BCUT2D eigenvalue weighted by molar-refractivity contribution is 5.97. The molecule has 0 spiro atoms. The van der Waals surface area contributed by atoms with Gasteiger partial charge in [-0.3, -0.25) is 15.2 Å². The zero-order valence-electron chi connectivity index (χ0n) is 15.7. The molecule has 0 aliphatic rings. The molecule has 0 bridgehead atoms. The van der Waals surface area contributed by atoms with Crippen LogP contribution in [0.15, 0.2) is 54.6 Å². The van der Waals surface area contributed by atoms with Crippen LogP contribution < -0.4 is 10.4 Å². The van der Waals surface area contributed by atoms with E-state index in [1.807, 2.05) is 92.0 Å². The zero-order chi connectivity index (χ0) is 18.7. The highest BCUT2D eigenvalue weighted by Gasteiger charge is 2.21. The molecule has 134 valence electrons. The van der Waals surface area contributed by atoms with Gasteiger partial charge >= 0.3 is 0 Å². The van der Waals surface area contributed by atoms with Crippen LogP contribution in [-0.2, 0) is 0 Å². The van der Waals surface area contributed by atoms with Gasteiger partial charge in [0.05, 0.1) is 28.3 Å². The van der Waals surface area contributed by atoms with Crippen molar-refractivity contribution in [1.82, 2.24) is 15.2 Å². The van der Waals surface area contributed by atoms with Gasteiger partial charge in [0, 0.05) is 6.54 Å². The van der Waals surface area contributed by atoms with Crippen LogP contribution in [0.5, 0.6) is 0 Å². The maximum Gasteiger partial charge on any atom is 0.273 e. The van der Waals surface area contributed by atoms with Crippen molar-refractivity contribution in [3.8, 4) is 5.69 Å². The number of hydrazine groups is 1. The van der Waals surface area contributed by atoms with Crippen molar-refractivity contribution >= 4 is 11.6 Å². The first kappa shape index (κ1) is 17.7. The van der Waals surface area contributed by atoms with E-state index in [2.05, 4.69) is 10.5 Å². The molecule has 0 radical (unpaired) electrons. The van der Waals surface area contributed by atoms with Crippen molar-refractivity contribution in [3.63, 3.8) is 0 Å². The Balaban J connectivity index is 1.88. The minimum absolute atomic E-state index is 0.149. The van der Waals surface area contributed by atoms with Gasteiger partial charge in [0.1, 0.15) is 0 Å². The molecule has 0 aliphatic heterocycles. The highest BCUT2D eigenvalue weighted by Crippen LogP contribution is 2.19. The third-order valence-corrected chi connectivity index (χ3v) is 4.42. The summed E-state index contributed by atoms with van der Waals surface area (Å²) < 4.78 is 1.81. The molecule has 0 unspecified atom stereocenters. The number of anilines is 1. The van der Waals surface area contributed by atoms with Crippen molar-refractivity contribution in [2.45, 2.75) is 27.7 Å². The molecule has 5 heteroatoms. The Morgan fingerprint density at radius 1 is 1.04 bits per heavy atom. The van der Waals surface area contributed by atoms with Crippen LogP contribution in [0.1, 0.15) is 34.2 Å². The third kappa shape index (κ3) is 3.47. The van der Waals surface area contributed by atoms with E-state index in [-0.39, 0.29) is 5.91 Å². The summed E-state index contributed by atoms with van der Waals surface area (Å²) in [4.78, 5) is 12.9. The second-order valence-electron chi connectivity index (χ2n) is 6.31. The SMILES string of the molecule is CCN(NC(=O)c1c(C)nn(-c2ccccc2)c1C)c1ccc(C)cc1. The molecular formula is C21H24N4O. The molecule has 0 saturated carbocycles. The number of hydrogen-bond donors (Lipinski definition) is 1. The molecule has 0 fully saturated rings. The molecule has 3 aromatic rings. The summed E-state index contributed by atoms with van der Waals surface area (Å²) in [6, 6.07) is 17.9. The Morgan fingerprint density at radius 3 is 2.31 bits per heavy atom. The molecule has 2 aromatic carbocycles. The molecule has 0 aliphatic carbocycles. The standard InChI is InChI=1S/C21H24N4O/c1-5-24(18-13-11-15(2)12-14-18)23-21(26)20-16(3)22-25(17(20)4)19-9-7-6-8-10-19/h6-14H,5H2,1-4H3,(H,23,26). The molecule has 5 nitrogen and oxygen atoms in total. The van der Waals surface area contributed by atoms with Crippen LogP contribution in [0.4, 0.5) is 5.69 Å². The van der Waals surface area contributed by atoms with Gasteiger partial charge in [-0.2, -0.15) is 5.10 Å². The smallest absolute Gasteiger partial charge is 0.273 e. The summed E-state index contributed by atoms with van der Waals surface area (Å²) in [7, 11) is 0. The van der Waals surface area contributed by atoms with Gasteiger partial charge in [-0.1, -0.05) is 35.9 Å². The summed E-state index contributed by atoms with van der Waals surface area (Å²) in [5.74, 6) is -0.149.